The summed E-state index contributed by atoms with van der Waals surface area (Å²) in [7, 11) is 0. The molecule has 3 rings (SSSR count). The molecule has 8 nitrogen and oxygen atoms in total. The molecular formula is C18H19F3N6O2. The monoisotopic (exact) mass is 408 g/mol. The number of anilines is 1. The minimum absolute atomic E-state index is 0.0291. The summed E-state index contributed by atoms with van der Waals surface area (Å²) in [6, 6.07) is 6.13. The molecule has 0 fully saturated rings. The van der Waals surface area contributed by atoms with Gasteiger partial charge in [0, 0.05) is 12.0 Å². The third-order valence-corrected chi connectivity index (χ3v) is 3.97. The second-order valence-corrected chi connectivity index (χ2v) is 7.26. The Morgan fingerprint density at radius 3 is 2.52 bits per heavy atom. The fourth-order valence-corrected chi connectivity index (χ4v) is 2.46. The molecule has 1 N–H and O–H groups in total. The highest BCUT2D eigenvalue weighted by atomic mass is 19.4. The van der Waals surface area contributed by atoms with Crippen LogP contribution in [0.4, 0.5) is 19.0 Å². The zero-order chi connectivity index (χ0) is 21.4. The van der Waals surface area contributed by atoms with Gasteiger partial charge in [-0.05, 0) is 25.1 Å². The zero-order valence-electron chi connectivity index (χ0n) is 16.2. The lowest BCUT2D eigenvalue weighted by atomic mass is 9.92. The molecule has 0 radical (unpaired) electrons. The van der Waals surface area contributed by atoms with E-state index in [4.69, 9.17) is 0 Å². The number of pyridine rings is 1. The number of rotatable bonds is 4. The second kappa shape index (κ2) is 7.30. The minimum Gasteiger partial charge on any atom is -0.329 e. The average molecular weight is 408 g/mol. The van der Waals surface area contributed by atoms with Crippen molar-refractivity contribution in [3.63, 3.8) is 0 Å². The molecule has 0 saturated heterocycles. The summed E-state index contributed by atoms with van der Waals surface area (Å²) in [6.45, 7) is 8.32. The third kappa shape index (κ3) is 4.44. The highest BCUT2D eigenvalue weighted by molar-refractivity contribution is 6.02. The van der Waals surface area contributed by atoms with Crippen molar-refractivity contribution >= 4 is 11.7 Å². The van der Waals surface area contributed by atoms with Crippen molar-refractivity contribution in [2.24, 2.45) is 0 Å². The van der Waals surface area contributed by atoms with Crippen molar-refractivity contribution in [2.75, 3.05) is 5.32 Å². The number of alkyl halides is 3. The van der Waals surface area contributed by atoms with E-state index in [1.54, 1.807) is 10.7 Å². The number of hydrogen-bond acceptors (Lipinski definition) is 6. The molecule has 0 spiro atoms. The summed E-state index contributed by atoms with van der Waals surface area (Å²) in [5, 5.41) is 10.4. The number of amides is 1. The van der Waals surface area contributed by atoms with Crippen LogP contribution in [0, 0.1) is 0 Å². The molecule has 0 saturated carbocycles. The Morgan fingerprint density at radius 1 is 1.21 bits per heavy atom. The van der Waals surface area contributed by atoms with Gasteiger partial charge < -0.3 is 9.84 Å². The maximum absolute atomic E-state index is 12.7. The van der Waals surface area contributed by atoms with Gasteiger partial charge in [0.1, 0.15) is 17.2 Å². The Kier molecular flexibility index (Phi) is 5.16. The van der Waals surface area contributed by atoms with Crippen LogP contribution in [0.5, 0.6) is 0 Å². The number of hydrogen-bond donors (Lipinski definition) is 1. The highest BCUT2D eigenvalue weighted by Crippen LogP contribution is 2.29. The van der Waals surface area contributed by atoms with Crippen molar-refractivity contribution in [3.05, 3.63) is 41.5 Å². The Hall–Kier alpha value is -3.24. The predicted molar refractivity (Wildman–Crippen MR) is 97.1 cm³/mol. The van der Waals surface area contributed by atoms with Crippen LogP contribution in [-0.2, 0) is 18.1 Å². The fourth-order valence-electron chi connectivity index (χ4n) is 2.46. The molecule has 3 heterocycles. The molecule has 0 atom stereocenters. The summed E-state index contributed by atoms with van der Waals surface area (Å²) in [6.07, 6.45) is -4.75. The van der Waals surface area contributed by atoms with Crippen LogP contribution in [0.3, 0.4) is 0 Å². The van der Waals surface area contributed by atoms with Crippen molar-refractivity contribution in [1.82, 2.24) is 24.9 Å². The summed E-state index contributed by atoms with van der Waals surface area (Å²) < 4.78 is 43.7. The van der Waals surface area contributed by atoms with E-state index in [1.165, 1.54) is 18.2 Å². The van der Waals surface area contributed by atoms with Gasteiger partial charge in [-0.25, -0.2) is 4.98 Å². The van der Waals surface area contributed by atoms with Crippen LogP contribution < -0.4 is 5.32 Å². The van der Waals surface area contributed by atoms with Crippen molar-refractivity contribution in [2.45, 2.75) is 45.8 Å². The summed E-state index contributed by atoms with van der Waals surface area (Å²) in [4.78, 5) is 20.1. The predicted octanol–water partition coefficient (Wildman–Crippen LogP) is 3.92. The maximum Gasteiger partial charge on any atom is 0.471 e. The molecule has 29 heavy (non-hydrogen) atoms. The Balaban J connectivity index is 1.85. The van der Waals surface area contributed by atoms with E-state index >= 15 is 0 Å². The van der Waals surface area contributed by atoms with Gasteiger partial charge in [-0.15, -0.1) is 0 Å². The third-order valence-electron chi connectivity index (χ3n) is 3.97. The maximum atomic E-state index is 12.7. The van der Waals surface area contributed by atoms with Gasteiger partial charge in [0.15, 0.2) is 0 Å². The lowest BCUT2D eigenvalue weighted by Crippen LogP contribution is -2.18. The largest absolute Gasteiger partial charge is 0.471 e. The van der Waals surface area contributed by atoms with Crippen molar-refractivity contribution < 1.29 is 22.5 Å². The van der Waals surface area contributed by atoms with Crippen LogP contribution >= 0.6 is 0 Å². The fraction of sp³-hybridized carbons (Fsp3) is 0.389. The number of aryl methyl sites for hydroxylation is 1. The van der Waals surface area contributed by atoms with Gasteiger partial charge in [-0.3, -0.25) is 9.48 Å². The number of halogens is 3. The molecule has 0 bridgehead atoms. The quantitative estimate of drug-likeness (QED) is 0.703. The molecule has 0 aliphatic rings. The van der Waals surface area contributed by atoms with E-state index < -0.39 is 18.0 Å². The summed E-state index contributed by atoms with van der Waals surface area (Å²) in [5.41, 5.74) is 0.908. The van der Waals surface area contributed by atoms with Crippen LogP contribution in [0.15, 0.2) is 28.8 Å². The lowest BCUT2D eigenvalue weighted by molar-refractivity contribution is -0.159. The number of nitrogens with zero attached hydrogens (tertiary/aromatic N) is 5. The van der Waals surface area contributed by atoms with Gasteiger partial charge in [0.05, 0.1) is 5.69 Å². The molecule has 11 heteroatoms. The summed E-state index contributed by atoms with van der Waals surface area (Å²) in [5.74, 6) is -2.11. The first-order valence-electron chi connectivity index (χ1n) is 8.77. The first-order valence-corrected chi connectivity index (χ1v) is 8.77. The molecule has 154 valence electrons. The normalized spacial score (nSPS) is 12.2. The van der Waals surface area contributed by atoms with Crippen molar-refractivity contribution in [1.29, 1.82) is 0 Å². The van der Waals surface area contributed by atoms with Gasteiger partial charge in [0.25, 0.3) is 5.91 Å². The molecule has 0 aromatic carbocycles. The van der Waals surface area contributed by atoms with E-state index in [-0.39, 0.29) is 22.8 Å². The number of carbonyl (C=O) groups excluding carboxylic acids is 1. The minimum atomic E-state index is -4.75. The Labute approximate surface area is 164 Å². The Bertz CT molecular complexity index is 1030. The van der Waals surface area contributed by atoms with E-state index in [0.29, 0.717) is 12.2 Å². The van der Waals surface area contributed by atoms with E-state index in [9.17, 15) is 18.0 Å². The van der Waals surface area contributed by atoms with Gasteiger partial charge in [-0.1, -0.05) is 32.0 Å². The topological polar surface area (TPSA) is 98.7 Å². The number of nitrogens with one attached hydrogen (secondary N) is 1. The van der Waals surface area contributed by atoms with Crippen LogP contribution in [0.2, 0.25) is 0 Å². The van der Waals surface area contributed by atoms with E-state index in [1.807, 2.05) is 27.7 Å². The van der Waals surface area contributed by atoms with E-state index in [2.05, 4.69) is 30.1 Å². The molecule has 0 unspecified atom stereocenters. The molecule has 3 aromatic heterocycles. The lowest BCUT2D eigenvalue weighted by Gasteiger charge is -2.13. The SMILES string of the molecule is CCn1nc(C(C)(C)C)cc1C(=O)Nc1cccc(-c2noc(C(F)(F)F)n2)n1. The molecule has 0 aliphatic heterocycles. The van der Waals surface area contributed by atoms with Gasteiger partial charge in [-0.2, -0.15) is 23.3 Å². The van der Waals surface area contributed by atoms with Crippen LogP contribution in [0.1, 0.15) is 49.8 Å². The standard InChI is InChI=1S/C18H19F3N6O2/c1-5-27-11(9-12(25-27)17(2,3)4)15(28)23-13-8-6-7-10(22-13)14-24-16(29-26-14)18(19,20)21/h6-9H,5H2,1-4H3,(H,22,23,28). The summed E-state index contributed by atoms with van der Waals surface area (Å²) >= 11 is 0. The second-order valence-electron chi connectivity index (χ2n) is 7.26. The first-order chi connectivity index (χ1) is 13.5. The Morgan fingerprint density at radius 2 is 1.93 bits per heavy atom. The molecule has 1 amide bonds. The van der Waals surface area contributed by atoms with Gasteiger partial charge in [0.2, 0.25) is 5.82 Å². The highest BCUT2D eigenvalue weighted by Gasteiger charge is 2.38. The number of carbonyl (C=O) groups is 1. The molecule has 0 aliphatic carbocycles. The molecule has 3 aromatic rings. The van der Waals surface area contributed by atoms with Gasteiger partial charge >= 0.3 is 12.1 Å². The average Bonchev–Trinajstić information content (AvgIpc) is 3.28. The number of aromatic nitrogens is 5. The molecular weight excluding hydrogens is 389 g/mol. The van der Waals surface area contributed by atoms with Crippen molar-refractivity contribution in [3.8, 4) is 11.5 Å². The first kappa shape index (κ1) is 20.5. The zero-order valence-corrected chi connectivity index (χ0v) is 16.2. The van der Waals surface area contributed by atoms with E-state index in [0.717, 1.165) is 5.69 Å². The van der Waals surface area contributed by atoms with Crippen LogP contribution in [0.25, 0.3) is 11.5 Å². The smallest absolute Gasteiger partial charge is 0.329 e. The van der Waals surface area contributed by atoms with Crippen LogP contribution in [-0.4, -0.2) is 30.8 Å².